The maximum atomic E-state index is 13.2. The van der Waals surface area contributed by atoms with Crippen molar-refractivity contribution in [3.8, 4) is 0 Å². The second kappa shape index (κ2) is 7.45. The molecule has 2 heterocycles. The summed E-state index contributed by atoms with van der Waals surface area (Å²) in [5.74, 6) is 0.00856. The fourth-order valence-corrected chi connectivity index (χ4v) is 3.42. The molecule has 0 aliphatic carbocycles. The zero-order valence-corrected chi connectivity index (χ0v) is 15.4. The molecule has 0 aromatic heterocycles. The summed E-state index contributed by atoms with van der Waals surface area (Å²) < 4.78 is 10.8. The highest BCUT2D eigenvalue weighted by Gasteiger charge is 2.38. The van der Waals surface area contributed by atoms with E-state index < -0.39 is 0 Å². The molecule has 2 N–H and O–H groups in total. The predicted molar refractivity (Wildman–Crippen MR) is 99.8 cm³/mol. The molecular formula is C19H27N3O3. The van der Waals surface area contributed by atoms with Gasteiger partial charge in [-0.1, -0.05) is 0 Å². The highest BCUT2D eigenvalue weighted by Crippen LogP contribution is 2.41. The minimum Gasteiger partial charge on any atom is -0.383 e. The first-order chi connectivity index (χ1) is 12.0. The summed E-state index contributed by atoms with van der Waals surface area (Å²) >= 11 is 0. The van der Waals surface area contributed by atoms with Gasteiger partial charge in [0.25, 0.3) is 5.91 Å². The topological polar surface area (TPSA) is 62.8 Å². The quantitative estimate of drug-likeness (QED) is 0.801. The summed E-state index contributed by atoms with van der Waals surface area (Å²) in [5.41, 5.74) is 4.47. The molecule has 3 rings (SSSR count). The molecule has 0 radical (unpaired) electrons. The third-order valence-corrected chi connectivity index (χ3v) is 4.40. The van der Waals surface area contributed by atoms with E-state index in [2.05, 4.69) is 30.5 Å². The van der Waals surface area contributed by atoms with E-state index in [1.165, 1.54) is 0 Å². The zero-order valence-electron chi connectivity index (χ0n) is 15.4. The number of benzene rings is 1. The van der Waals surface area contributed by atoms with Gasteiger partial charge in [0.2, 0.25) is 0 Å². The first-order valence-electron chi connectivity index (χ1n) is 8.81. The predicted octanol–water partition coefficient (Wildman–Crippen LogP) is 2.22. The maximum Gasteiger partial charge on any atom is 0.261 e. The van der Waals surface area contributed by atoms with Gasteiger partial charge in [-0.15, -0.1) is 0 Å². The monoisotopic (exact) mass is 345 g/mol. The number of fused-ring (bicyclic) bond motifs is 1. The van der Waals surface area contributed by atoms with E-state index in [4.69, 9.17) is 9.47 Å². The Morgan fingerprint density at radius 3 is 2.80 bits per heavy atom. The number of ether oxygens (including phenoxy) is 2. The number of rotatable bonds is 5. The normalized spacial score (nSPS) is 21.3. The van der Waals surface area contributed by atoms with E-state index >= 15 is 0 Å². The average molecular weight is 345 g/mol. The SMILES string of the molecule is COCC(C)N1C(=O)/C(=C2/COCCN2)c2cc(NC(C)C)ccc21. The van der Waals surface area contributed by atoms with E-state index in [0.717, 1.165) is 29.2 Å². The van der Waals surface area contributed by atoms with E-state index in [9.17, 15) is 4.79 Å². The van der Waals surface area contributed by atoms with Gasteiger partial charge in [-0.05, 0) is 39.0 Å². The molecule has 1 aromatic carbocycles. The lowest BCUT2D eigenvalue weighted by Gasteiger charge is -2.25. The van der Waals surface area contributed by atoms with Crippen LogP contribution in [0.4, 0.5) is 11.4 Å². The van der Waals surface area contributed by atoms with Crippen LogP contribution in [0.15, 0.2) is 23.9 Å². The molecule has 1 saturated heterocycles. The highest BCUT2D eigenvalue weighted by atomic mass is 16.5. The van der Waals surface area contributed by atoms with Gasteiger partial charge in [0.05, 0.1) is 42.8 Å². The summed E-state index contributed by atoms with van der Waals surface area (Å²) in [4.78, 5) is 15.0. The third kappa shape index (κ3) is 3.50. The van der Waals surface area contributed by atoms with Crippen LogP contribution in [0, 0.1) is 0 Å². The Balaban J connectivity index is 2.07. The first-order valence-corrected chi connectivity index (χ1v) is 8.81. The number of amides is 1. The van der Waals surface area contributed by atoms with E-state index in [0.29, 0.717) is 31.4 Å². The molecular weight excluding hydrogens is 318 g/mol. The second-order valence-corrected chi connectivity index (χ2v) is 6.84. The lowest BCUT2D eigenvalue weighted by Crippen LogP contribution is -2.39. The Labute approximate surface area is 149 Å². The molecule has 0 bridgehead atoms. The van der Waals surface area contributed by atoms with Gasteiger partial charge in [0.1, 0.15) is 0 Å². The Bertz CT molecular complexity index is 676. The third-order valence-electron chi connectivity index (χ3n) is 4.40. The van der Waals surface area contributed by atoms with Gasteiger partial charge in [-0.25, -0.2) is 0 Å². The Morgan fingerprint density at radius 1 is 1.36 bits per heavy atom. The summed E-state index contributed by atoms with van der Waals surface area (Å²) in [7, 11) is 1.66. The van der Waals surface area contributed by atoms with Crippen molar-refractivity contribution in [1.82, 2.24) is 5.32 Å². The number of anilines is 2. The fraction of sp³-hybridized carbons (Fsp3) is 0.526. The number of carbonyl (C=O) groups is 1. The lowest BCUT2D eigenvalue weighted by molar-refractivity contribution is -0.113. The van der Waals surface area contributed by atoms with Gasteiger partial charge in [-0.2, -0.15) is 0 Å². The smallest absolute Gasteiger partial charge is 0.261 e. The maximum absolute atomic E-state index is 13.2. The van der Waals surface area contributed by atoms with Crippen LogP contribution in [0.3, 0.4) is 0 Å². The van der Waals surface area contributed by atoms with Gasteiger partial charge < -0.3 is 25.0 Å². The molecule has 0 saturated carbocycles. The van der Waals surface area contributed by atoms with Crippen LogP contribution in [0.25, 0.3) is 5.57 Å². The second-order valence-electron chi connectivity index (χ2n) is 6.84. The molecule has 1 aromatic rings. The molecule has 1 unspecified atom stereocenters. The molecule has 1 atom stereocenters. The van der Waals surface area contributed by atoms with E-state index in [1.807, 2.05) is 24.0 Å². The minimum atomic E-state index is -0.0391. The Hall–Kier alpha value is -2.05. The van der Waals surface area contributed by atoms with Crippen molar-refractivity contribution in [3.05, 3.63) is 29.5 Å². The standard InChI is InChI=1S/C19H27N3O3/c1-12(2)21-14-5-6-17-15(9-14)18(16-11-25-8-7-20-16)19(23)22(17)13(3)10-24-4/h5-6,9,12-13,20-21H,7-8,10-11H2,1-4H3/b18-16-. The average Bonchev–Trinajstić information content (AvgIpc) is 2.86. The van der Waals surface area contributed by atoms with Crippen molar-refractivity contribution < 1.29 is 14.3 Å². The summed E-state index contributed by atoms with van der Waals surface area (Å²) in [6.45, 7) is 8.51. The molecule has 2 aliphatic heterocycles. The number of methoxy groups -OCH3 is 1. The van der Waals surface area contributed by atoms with E-state index in [-0.39, 0.29) is 11.9 Å². The van der Waals surface area contributed by atoms with Gasteiger partial charge >= 0.3 is 0 Å². The van der Waals surface area contributed by atoms with Crippen molar-refractivity contribution in [1.29, 1.82) is 0 Å². The van der Waals surface area contributed by atoms with Crippen molar-refractivity contribution in [3.63, 3.8) is 0 Å². The van der Waals surface area contributed by atoms with Crippen LogP contribution in [0.1, 0.15) is 26.3 Å². The Kier molecular flexibility index (Phi) is 5.30. The molecule has 136 valence electrons. The number of nitrogens with one attached hydrogen (secondary N) is 2. The molecule has 0 spiro atoms. The number of morpholine rings is 1. The number of nitrogens with zero attached hydrogens (tertiary/aromatic N) is 1. The first kappa shape index (κ1) is 17.8. The van der Waals surface area contributed by atoms with Crippen molar-refractivity contribution in [2.45, 2.75) is 32.9 Å². The fourth-order valence-electron chi connectivity index (χ4n) is 3.42. The summed E-state index contributed by atoms with van der Waals surface area (Å²) in [6.07, 6.45) is 0. The Morgan fingerprint density at radius 2 is 2.16 bits per heavy atom. The van der Waals surface area contributed by atoms with Crippen LogP contribution in [-0.4, -0.2) is 51.5 Å². The van der Waals surface area contributed by atoms with E-state index in [1.54, 1.807) is 7.11 Å². The molecule has 6 nitrogen and oxygen atoms in total. The summed E-state index contributed by atoms with van der Waals surface area (Å²) in [6, 6.07) is 6.39. The lowest BCUT2D eigenvalue weighted by atomic mass is 10.0. The number of hydrogen-bond donors (Lipinski definition) is 2. The number of hydrogen-bond acceptors (Lipinski definition) is 5. The highest BCUT2D eigenvalue weighted by molar-refractivity contribution is 6.33. The van der Waals surface area contributed by atoms with Crippen LogP contribution in [0.2, 0.25) is 0 Å². The zero-order chi connectivity index (χ0) is 18.0. The molecule has 25 heavy (non-hydrogen) atoms. The molecule has 1 amide bonds. The van der Waals surface area contributed by atoms with Gasteiger partial charge in [-0.3, -0.25) is 4.79 Å². The number of carbonyl (C=O) groups excluding carboxylic acids is 1. The largest absolute Gasteiger partial charge is 0.383 e. The van der Waals surface area contributed by atoms with Crippen LogP contribution in [0.5, 0.6) is 0 Å². The van der Waals surface area contributed by atoms with Crippen molar-refractivity contribution in [2.75, 3.05) is 43.7 Å². The van der Waals surface area contributed by atoms with Crippen LogP contribution < -0.4 is 15.5 Å². The summed E-state index contributed by atoms with van der Waals surface area (Å²) in [5, 5.41) is 6.75. The van der Waals surface area contributed by atoms with Crippen LogP contribution in [-0.2, 0) is 14.3 Å². The molecule has 6 heteroatoms. The van der Waals surface area contributed by atoms with Gasteiger partial charge in [0, 0.05) is 30.9 Å². The van der Waals surface area contributed by atoms with Crippen molar-refractivity contribution >= 4 is 22.9 Å². The van der Waals surface area contributed by atoms with Crippen molar-refractivity contribution in [2.24, 2.45) is 0 Å². The molecule has 1 fully saturated rings. The molecule has 2 aliphatic rings. The minimum absolute atomic E-state index is 0.00856. The van der Waals surface area contributed by atoms with Crippen LogP contribution >= 0.6 is 0 Å². The van der Waals surface area contributed by atoms with Gasteiger partial charge in [0.15, 0.2) is 0 Å².